The average Bonchev–Trinajstić information content (AvgIpc) is 2.44. The summed E-state index contributed by atoms with van der Waals surface area (Å²) in [5.41, 5.74) is 1.30. The van der Waals surface area contributed by atoms with Crippen LogP contribution in [-0.2, 0) is 11.2 Å². The number of anilines is 2. The molecule has 0 bridgehead atoms. The molecular formula is C15H26N4O. The minimum absolute atomic E-state index is 0.128. The Morgan fingerprint density at radius 3 is 2.60 bits per heavy atom. The van der Waals surface area contributed by atoms with Crippen molar-refractivity contribution < 1.29 is 4.74 Å². The van der Waals surface area contributed by atoms with Gasteiger partial charge in [-0.3, -0.25) is 0 Å². The summed E-state index contributed by atoms with van der Waals surface area (Å²) in [6.07, 6.45) is 5.01. The lowest BCUT2D eigenvalue weighted by Crippen LogP contribution is -2.57. The topological polar surface area (TPSA) is 59.1 Å². The smallest absolute Gasteiger partial charge is 0.134 e. The lowest BCUT2D eigenvalue weighted by Gasteiger charge is -2.51. The molecule has 5 nitrogen and oxygen atoms in total. The first-order valence-electron chi connectivity index (χ1n) is 7.35. The number of nitrogens with zero attached hydrogens (tertiary/aromatic N) is 2. The second-order valence-electron chi connectivity index (χ2n) is 6.03. The van der Waals surface area contributed by atoms with E-state index < -0.39 is 0 Å². The van der Waals surface area contributed by atoms with Gasteiger partial charge in [-0.1, -0.05) is 27.2 Å². The summed E-state index contributed by atoms with van der Waals surface area (Å²) in [5.74, 6) is 1.88. The maximum absolute atomic E-state index is 5.51. The van der Waals surface area contributed by atoms with Crippen molar-refractivity contribution in [2.24, 2.45) is 5.41 Å². The number of methoxy groups -OCH3 is 1. The van der Waals surface area contributed by atoms with Gasteiger partial charge in [0.2, 0.25) is 0 Å². The molecule has 1 aliphatic carbocycles. The van der Waals surface area contributed by atoms with Crippen molar-refractivity contribution in [1.82, 2.24) is 9.97 Å². The Morgan fingerprint density at radius 1 is 1.35 bits per heavy atom. The molecule has 2 rings (SSSR count). The highest BCUT2D eigenvalue weighted by Gasteiger charge is 2.48. The van der Waals surface area contributed by atoms with Gasteiger partial charge in [0.15, 0.2) is 0 Å². The van der Waals surface area contributed by atoms with Crippen molar-refractivity contribution in [3.05, 3.63) is 11.9 Å². The maximum Gasteiger partial charge on any atom is 0.134 e. The molecule has 1 heterocycles. The van der Waals surface area contributed by atoms with E-state index in [0.29, 0.717) is 12.1 Å². The molecule has 1 aliphatic rings. The van der Waals surface area contributed by atoms with Crippen LogP contribution in [0.4, 0.5) is 11.6 Å². The largest absolute Gasteiger partial charge is 0.381 e. The fourth-order valence-electron chi connectivity index (χ4n) is 2.93. The van der Waals surface area contributed by atoms with Gasteiger partial charge in [-0.05, 0) is 12.8 Å². The van der Waals surface area contributed by atoms with Crippen LogP contribution >= 0.6 is 0 Å². The molecule has 0 aliphatic heterocycles. The van der Waals surface area contributed by atoms with Crippen LogP contribution in [0.5, 0.6) is 0 Å². The molecule has 0 spiro atoms. The van der Waals surface area contributed by atoms with Crippen LogP contribution in [0.1, 0.15) is 39.2 Å². The number of rotatable bonds is 6. The Bertz CT molecular complexity index is 461. The van der Waals surface area contributed by atoms with Gasteiger partial charge in [-0.15, -0.1) is 0 Å². The Balaban J connectivity index is 2.18. The molecule has 1 aromatic rings. The van der Waals surface area contributed by atoms with Crippen molar-refractivity contribution in [2.45, 2.75) is 52.2 Å². The molecule has 5 heteroatoms. The minimum atomic E-state index is 0.128. The number of ether oxygens (including phenoxy) is 1. The summed E-state index contributed by atoms with van der Waals surface area (Å²) in [7, 11) is 3.69. The van der Waals surface area contributed by atoms with Gasteiger partial charge in [0, 0.05) is 31.2 Å². The van der Waals surface area contributed by atoms with E-state index in [1.807, 2.05) is 7.05 Å². The lowest BCUT2D eigenvalue weighted by molar-refractivity contribution is -0.0795. The van der Waals surface area contributed by atoms with Gasteiger partial charge >= 0.3 is 0 Å². The quantitative estimate of drug-likeness (QED) is 0.838. The number of aromatic nitrogens is 2. The van der Waals surface area contributed by atoms with E-state index in [1.165, 1.54) is 5.56 Å². The summed E-state index contributed by atoms with van der Waals surface area (Å²) in [6.45, 7) is 6.65. The van der Waals surface area contributed by atoms with Crippen LogP contribution in [0.2, 0.25) is 0 Å². The SMILES string of the molecule is CCCc1c(NC)ncnc1NC1CC(OC)C1(C)C. The number of nitrogens with one attached hydrogen (secondary N) is 2. The van der Waals surface area contributed by atoms with Crippen LogP contribution in [0, 0.1) is 5.41 Å². The Kier molecular flexibility index (Phi) is 4.48. The molecule has 2 N–H and O–H groups in total. The highest BCUT2D eigenvalue weighted by Crippen LogP contribution is 2.44. The number of hydrogen-bond acceptors (Lipinski definition) is 5. The van der Waals surface area contributed by atoms with Crippen molar-refractivity contribution in [3.8, 4) is 0 Å². The average molecular weight is 278 g/mol. The molecular weight excluding hydrogens is 252 g/mol. The van der Waals surface area contributed by atoms with Crippen molar-refractivity contribution in [3.63, 3.8) is 0 Å². The second-order valence-corrected chi connectivity index (χ2v) is 6.03. The fourth-order valence-corrected chi connectivity index (χ4v) is 2.93. The summed E-state index contributed by atoms with van der Waals surface area (Å²) in [6, 6.07) is 0.391. The third-order valence-corrected chi connectivity index (χ3v) is 4.46. The summed E-state index contributed by atoms with van der Waals surface area (Å²) >= 11 is 0. The van der Waals surface area contributed by atoms with Crippen LogP contribution in [0.25, 0.3) is 0 Å². The molecule has 0 radical (unpaired) electrons. The van der Waals surface area contributed by atoms with Crippen LogP contribution in [0.3, 0.4) is 0 Å². The van der Waals surface area contributed by atoms with Crippen LogP contribution in [0.15, 0.2) is 6.33 Å². The molecule has 0 saturated heterocycles. The molecule has 1 saturated carbocycles. The van der Waals surface area contributed by atoms with E-state index in [4.69, 9.17) is 4.74 Å². The van der Waals surface area contributed by atoms with Crippen molar-refractivity contribution in [2.75, 3.05) is 24.8 Å². The third kappa shape index (κ3) is 2.59. The molecule has 112 valence electrons. The highest BCUT2D eigenvalue weighted by molar-refractivity contribution is 5.58. The predicted octanol–water partition coefficient (Wildman–Crippen LogP) is 2.70. The molecule has 2 unspecified atom stereocenters. The van der Waals surface area contributed by atoms with Gasteiger partial charge in [0.25, 0.3) is 0 Å². The summed E-state index contributed by atoms with van der Waals surface area (Å²) < 4.78 is 5.51. The van der Waals surface area contributed by atoms with Gasteiger partial charge < -0.3 is 15.4 Å². The standard InChI is InChI=1S/C15H26N4O/c1-6-7-10-13(16-4)17-9-18-14(10)19-11-8-12(20-5)15(11,2)3/h9,11-12H,6-8H2,1-5H3,(H2,16,17,18,19). The summed E-state index contributed by atoms with van der Waals surface area (Å²) in [4.78, 5) is 8.75. The van der Waals surface area contributed by atoms with Gasteiger partial charge in [0.05, 0.1) is 6.10 Å². The predicted molar refractivity (Wildman–Crippen MR) is 82.2 cm³/mol. The zero-order valence-corrected chi connectivity index (χ0v) is 13.2. The van der Waals surface area contributed by atoms with Crippen molar-refractivity contribution in [1.29, 1.82) is 0 Å². The van der Waals surface area contributed by atoms with Gasteiger partial charge in [0.1, 0.15) is 18.0 Å². The van der Waals surface area contributed by atoms with E-state index in [-0.39, 0.29) is 5.41 Å². The Hall–Kier alpha value is -1.36. The summed E-state index contributed by atoms with van der Waals surface area (Å²) in [5, 5.41) is 6.74. The van der Waals surface area contributed by atoms with Gasteiger partial charge in [-0.2, -0.15) is 0 Å². The fraction of sp³-hybridized carbons (Fsp3) is 0.733. The molecule has 1 aromatic heterocycles. The zero-order valence-electron chi connectivity index (χ0n) is 13.2. The minimum Gasteiger partial charge on any atom is -0.381 e. The first kappa shape index (κ1) is 15.0. The second kappa shape index (κ2) is 5.95. The first-order valence-corrected chi connectivity index (χ1v) is 7.35. The Labute approximate surface area is 121 Å². The third-order valence-electron chi connectivity index (χ3n) is 4.46. The lowest BCUT2D eigenvalue weighted by atomic mass is 9.64. The molecule has 20 heavy (non-hydrogen) atoms. The van der Waals surface area contributed by atoms with E-state index in [9.17, 15) is 0 Å². The zero-order chi connectivity index (χ0) is 14.8. The van der Waals surface area contributed by atoms with E-state index in [0.717, 1.165) is 30.9 Å². The first-order chi connectivity index (χ1) is 9.54. The highest BCUT2D eigenvalue weighted by atomic mass is 16.5. The molecule has 1 fully saturated rings. The maximum atomic E-state index is 5.51. The van der Waals surface area contributed by atoms with Crippen LogP contribution in [-0.4, -0.2) is 36.3 Å². The normalized spacial score (nSPS) is 24.1. The van der Waals surface area contributed by atoms with Crippen LogP contribution < -0.4 is 10.6 Å². The number of hydrogen-bond donors (Lipinski definition) is 2. The van der Waals surface area contributed by atoms with Crippen molar-refractivity contribution >= 4 is 11.6 Å². The van der Waals surface area contributed by atoms with E-state index in [1.54, 1.807) is 13.4 Å². The Morgan fingerprint density at radius 2 is 2.05 bits per heavy atom. The monoisotopic (exact) mass is 278 g/mol. The molecule has 2 atom stereocenters. The molecule has 0 amide bonds. The van der Waals surface area contributed by atoms with E-state index in [2.05, 4.69) is 41.4 Å². The molecule has 0 aromatic carbocycles. The van der Waals surface area contributed by atoms with E-state index >= 15 is 0 Å². The van der Waals surface area contributed by atoms with Gasteiger partial charge in [-0.25, -0.2) is 9.97 Å².